The van der Waals surface area contributed by atoms with E-state index in [2.05, 4.69) is 23.3 Å². The molecule has 0 unspecified atom stereocenters. The van der Waals surface area contributed by atoms with E-state index < -0.39 is 0 Å². The van der Waals surface area contributed by atoms with Gasteiger partial charge in [-0.3, -0.25) is 9.59 Å². The number of unbranched alkanes of at least 4 members (excludes halogenated alkanes) is 2. The van der Waals surface area contributed by atoms with E-state index in [9.17, 15) is 14.7 Å². The molecule has 0 spiro atoms. The highest BCUT2D eigenvalue weighted by Crippen LogP contribution is 2.21. The molecule has 0 radical (unpaired) electrons. The number of anilines is 1. The largest absolute Gasteiger partial charge is 0.506 e. The third kappa shape index (κ3) is 6.47. The van der Waals surface area contributed by atoms with Crippen LogP contribution in [-0.2, 0) is 9.59 Å². The summed E-state index contributed by atoms with van der Waals surface area (Å²) in [6.07, 6.45) is 2.84. The van der Waals surface area contributed by atoms with Gasteiger partial charge >= 0.3 is 0 Å². The van der Waals surface area contributed by atoms with Crippen molar-refractivity contribution in [2.45, 2.75) is 25.7 Å². The Balaban J connectivity index is 2.12. The van der Waals surface area contributed by atoms with Crippen molar-refractivity contribution in [3.63, 3.8) is 0 Å². The van der Waals surface area contributed by atoms with Gasteiger partial charge in [-0.25, -0.2) is 0 Å². The van der Waals surface area contributed by atoms with Crippen molar-refractivity contribution in [1.82, 2.24) is 5.32 Å². The number of para-hydroxylation sites is 2. The molecule has 20 heavy (non-hydrogen) atoms. The molecule has 0 saturated carbocycles. The van der Waals surface area contributed by atoms with Crippen molar-refractivity contribution in [2.75, 3.05) is 17.6 Å². The van der Waals surface area contributed by atoms with E-state index in [1.807, 2.05) is 0 Å². The molecule has 0 bridgehead atoms. The highest BCUT2D eigenvalue weighted by Gasteiger charge is 2.05. The molecule has 0 saturated heterocycles. The number of carbonyl (C=O) groups excluding carboxylic acids is 2. The minimum atomic E-state index is -0.120. The molecule has 5 nitrogen and oxygen atoms in total. The van der Waals surface area contributed by atoms with E-state index in [1.165, 1.54) is 6.07 Å². The average Bonchev–Trinajstić information content (AvgIpc) is 2.44. The fourth-order valence-corrected chi connectivity index (χ4v) is 1.77. The van der Waals surface area contributed by atoms with E-state index in [1.54, 1.807) is 18.2 Å². The lowest BCUT2D eigenvalue weighted by molar-refractivity contribution is -0.118. The lowest BCUT2D eigenvalue weighted by Gasteiger charge is -2.07. The Morgan fingerprint density at radius 1 is 1.10 bits per heavy atom. The first-order valence-corrected chi connectivity index (χ1v) is 7.22. The second-order valence-electron chi connectivity index (χ2n) is 4.38. The van der Waals surface area contributed by atoms with Crippen LogP contribution in [0.1, 0.15) is 25.7 Å². The summed E-state index contributed by atoms with van der Waals surface area (Å²) in [5.41, 5.74) is 0.429. The number of rotatable bonds is 8. The topological polar surface area (TPSA) is 78.4 Å². The number of hydrogen-bond donors (Lipinski definition) is 4. The molecule has 1 aromatic carbocycles. The summed E-state index contributed by atoms with van der Waals surface area (Å²) in [5, 5.41) is 14.9. The number of phenolic OH excluding ortho intramolecular Hbond substituents is 1. The summed E-state index contributed by atoms with van der Waals surface area (Å²) in [5.74, 6) is 0.0648. The molecule has 0 heterocycles. The Labute approximate surface area is 124 Å². The van der Waals surface area contributed by atoms with Crippen LogP contribution in [-0.4, -0.2) is 29.2 Å². The molecule has 6 heteroatoms. The lowest BCUT2D eigenvalue weighted by Crippen LogP contribution is -2.25. The van der Waals surface area contributed by atoms with Gasteiger partial charge in [-0.2, -0.15) is 12.6 Å². The van der Waals surface area contributed by atoms with Gasteiger partial charge in [0.25, 0.3) is 0 Å². The molecule has 0 aliphatic carbocycles. The van der Waals surface area contributed by atoms with Gasteiger partial charge in [0.05, 0.1) is 11.4 Å². The second kappa shape index (κ2) is 9.25. The van der Waals surface area contributed by atoms with Gasteiger partial charge in [0.1, 0.15) is 5.75 Å². The molecule has 1 aromatic rings. The van der Waals surface area contributed by atoms with Crippen LogP contribution in [0.15, 0.2) is 24.3 Å². The summed E-state index contributed by atoms with van der Waals surface area (Å²) in [6.45, 7) is 0.612. The van der Waals surface area contributed by atoms with Gasteiger partial charge in [-0.1, -0.05) is 18.6 Å². The molecular formula is C14H20N2O3S. The maximum absolute atomic E-state index is 11.6. The van der Waals surface area contributed by atoms with Crippen LogP contribution in [0.3, 0.4) is 0 Å². The van der Waals surface area contributed by atoms with E-state index >= 15 is 0 Å². The fourth-order valence-electron chi connectivity index (χ4n) is 1.66. The Hall–Kier alpha value is -1.69. The lowest BCUT2D eigenvalue weighted by atomic mass is 10.2. The zero-order valence-corrected chi connectivity index (χ0v) is 12.2. The first-order valence-electron chi connectivity index (χ1n) is 6.59. The smallest absolute Gasteiger partial charge is 0.229 e. The molecule has 0 atom stereocenters. The Morgan fingerprint density at radius 2 is 1.85 bits per heavy atom. The number of phenols is 1. The highest BCUT2D eigenvalue weighted by atomic mass is 32.1. The van der Waals surface area contributed by atoms with E-state index in [4.69, 9.17) is 0 Å². The van der Waals surface area contributed by atoms with Crippen LogP contribution in [0.25, 0.3) is 0 Å². The maximum Gasteiger partial charge on any atom is 0.229 e. The molecular weight excluding hydrogens is 276 g/mol. The first kappa shape index (κ1) is 16.4. The standard InChI is InChI=1S/C14H20N2O3S/c17-12-7-4-3-6-11(12)16-13(18)8-2-1-5-9-15-14(19)10-20/h3-4,6-7,17,20H,1-2,5,8-10H2,(H,15,19)(H,16,18). The minimum Gasteiger partial charge on any atom is -0.506 e. The molecule has 1 rings (SSSR count). The van der Waals surface area contributed by atoms with E-state index in [-0.39, 0.29) is 23.3 Å². The van der Waals surface area contributed by atoms with E-state index in [0.29, 0.717) is 18.7 Å². The number of aromatic hydroxyl groups is 1. The molecule has 3 N–H and O–H groups in total. The molecule has 0 aliphatic heterocycles. The molecule has 2 amide bonds. The van der Waals surface area contributed by atoms with Gasteiger partial charge in [0, 0.05) is 13.0 Å². The van der Waals surface area contributed by atoms with Crippen LogP contribution in [0.5, 0.6) is 5.75 Å². The van der Waals surface area contributed by atoms with Crippen molar-refractivity contribution >= 4 is 30.1 Å². The fraction of sp³-hybridized carbons (Fsp3) is 0.429. The number of nitrogens with one attached hydrogen (secondary N) is 2. The zero-order chi connectivity index (χ0) is 14.8. The number of amides is 2. The van der Waals surface area contributed by atoms with Crippen molar-refractivity contribution in [3.8, 4) is 5.75 Å². The zero-order valence-electron chi connectivity index (χ0n) is 11.3. The number of benzene rings is 1. The normalized spacial score (nSPS) is 10.1. The Bertz CT molecular complexity index is 452. The van der Waals surface area contributed by atoms with Crippen LogP contribution < -0.4 is 10.6 Å². The Kier molecular flexibility index (Phi) is 7.57. The van der Waals surface area contributed by atoms with Gasteiger partial charge in [-0.05, 0) is 25.0 Å². The Morgan fingerprint density at radius 3 is 2.55 bits per heavy atom. The van der Waals surface area contributed by atoms with Gasteiger partial charge in [-0.15, -0.1) is 0 Å². The predicted octanol–water partition coefficient (Wildman–Crippen LogP) is 1.94. The third-order valence-electron chi connectivity index (χ3n) is 2.72. The van der Waals surface area contributed by atoms with Crippen molar-refractivity contribution in [3.05, 3.63) is 24.3 Å². The minimum absolute atomic E-state index is 0.0651. The third-order valence-corrected chi connectivity index (χ3v) is 3.01. The number of thiol groups is 1. The number of carbonyl (C=O) groups is 2. The van der Waals surface area contributed by atoms with E-state index in [0.717, 1.165) is 19.3 Å². The summed E-state index contributed by atoms with van der Waals surface area (Å²) in [4.78, 5) is 22.6. The highest BCUT2D eigenvalue weighted by molar-refractivity contribution is 7.81. The second-order valence-corrected chi connectivity index (χ2v) is 4.70. The predicted molar refractivity (Wildman–Crippen MR) is 82.1 cm³/mol. The summed E-state index contributed by atoms with van der Waals surface area (Å²) in [7, 11) is 0. The number of hydrogen-bond acceptors (Lipinski definition) is 4. The monoisotopic (exact) mass is 296 g/mol. The van der Waals surface area contributed by atoms with Crippen molar-refractivity contribution in [1.29, 1.82) is 0 Å². The van der Waals surface area contributed by atoms with Crippen LogP contribution >= 0.6 is 12.6 Å². The van der Waals surface area contributed by atoms with Gasteiger partial charge in [0.15, 0.2) is 0 Å². The van der Waals surface area contributed by atoms with Gasteiger partial charge < -0.3 is 15.7 Å². The van der Waals surface area contributed by atoms with Gasteiger partial charge in [0.2, 0.25) is 11.8 Å². The summed E-state index contributed by atoms with van der Waals surface area (Å²) >= 11 is 3.86. The SMILES string of the molecule is O=C(CS)NCCCCCC(=O)Nc1ccccc1O. The molecule has 110 valence electrons. The summed E-state index contributed by atoms with van der Waals surface area (Å²) < 4.78 is 0. The van der Waals surface area contributed by atoms with Crippen molar-refractivity contribution < 1.29 is 14.7 Å². The molecule has 0 aliphatic rings. The molecule has 0 aromatic heterocycles. The first-order chi connectivity index (χ1) is 9.63. The van der Waals surface area contributed by atoms with Crippen LogP contribution in [0.4, 0.5) is 5.69 Å². The van der Waals surface area contributed by atoms with Crippen LogP contribution in [0, 0.1) is 0 Å². The van der Waals surface area contributed by atoms with Crippen LogP contribution in [0.2, 0.25) is 0 Å². The van der Waals surface area contributed by atoms with Crippen molar-refractivity contribution in [2.24, 2.45) is 0 Å². The average molecular weight is 296 g/mol. The quantitative estimate of drug-likeness (QED) is 0.336. The maximum atomic E-state index is 11.6. The molecule has 0 fully saturated rings. The summed E-state index contributed by atoms with van der Waals surface area (Å²) in [6, 6.07) is 6.63.